The summed E-state index contributed by atoms with van der Waals surface area (Å²) in [5.41, 5.74) is 5.71. The van der Waals surface area contributed by atoms with Crippen molar-refractivity contribution in [3.05, 3.63) is 84.6 Å². The van der Waals surface area contributed by atoms with Crippen molar-refractivity contribution in [1.29, 1.82) is 0 Å². The highest BCUT2D eigenvalue weighted by Gasteiger charge is 2.24. The van der Waals surface area contributed by atoms with Gasteiger partial charge in [0.25, 0.3) is 0 Å². The molecule has 0 bridgehead atoms. The van der Waals surface area contributed by atoms with Crippen LogP contribution in [0.5, 0.6) is 0 Å². The van der Waals surface area contributed by atoms with E-state index in [1.54, 1.807) is 0 Å². The number of aromatic nitrogens is 4. The van der Waals surface area contributed by atoms with Crippen molar-refractivity contribution in [2.75, 3.05) is 13.1 Å². The number of fused-ring (bicyclic) bond motifs is 1. The number of hydrogen-bond donors (Lipinski definition) is 0. The van der Waals surface area contributed by atoms with E-state index in [0.29, 0.717) is 5.92 Å². The Balaban J connectivity index is 1.43. The molecule has 0 amide bonds. The Morgan fingerprint density at radius 1 is 0.964 bits per heavy atom. The van der Waals surface area contributed by atoms with Gasteiger partial charge in [-0.1, -0.05) is 30.3 Å². The summed E-state index contributed by atoms with van der Waals surface area (Å²) in [7, 11) is 0. The number of likely N-dealkylation sites (tertiary alicyclic amines) is 1. The van der Waals surface area contributed by atoms with Gasteiger partial charge in [0, 0.05) is 43.2 Å². The van der Waals surface area contributed by atoms with Crippen LogP contribution >= 0.6 is 0 Å². The number of piperidine rings is 1. The Bertz CT molecular complexity index is 1060. The molecule has 0 spiro atoms. The summed E-state index contributed by atoms with van der Waals surface area (Å²) in [4.78, 5) is 11.3. The van der Waals surface area contributed by atoms with Crippen molar-refractivity contribution in [2.45, 2.75) is 25.3 Å². The fraction of sp³-hybridized carbons (Fsp3) is 0.261. The summed E-state index contributed by atoms with van der Waals surface area (Å²) < 4.78 is 2.03. The van der Waals surface area contributed by atoms with E-state index >= 15 is 0 Å². The van der Waals surface area contributed by atoms with Gasteiger partial charge in [0.1, 0.15) is 0 Å². The van der Waals surface area contributed by atoms with Crippen LogP contribution < -0.4 is 0 Å². The minimum atomic E-state index is 0.466. The molecule has 1 fully saturated rings. The molecular weight excluding hydrogens is 346 g/mol. The first-order valence-corrected chi connectivity index (χ1v) is 9.88. The molecule has 5 rings (SSSR count). The van der Waals surface area contributed by atoms with Crippen LogP contribution in [-0.4, -0.2) is 37.6 Å². The van der Waals surface area contributed by atoms with Crippen LogP contribution in [0.4, 0.5) is 0 Å². The lowest BCUT2D eigenvalue weighted by Crippen LogP contribution is -2.34. The SMILES string of the molecule is c1ccc(CN2CCCC(c3ccnc4c(-c5ccncc5)cnn34)C2)cc1. The maximum atomic E-state index is 4.69. The Morgan fingerprint density at radius 2 is 1.82 bits per heavy atom. The quantitative estimate of drug-likeness (QED) is 0.542. The van der Waals surface area contributed by atoms with E-state index in [0.717, 1.165) is 36.4 Å². The van der Waals surface area contributed by atoms with E-state index < -0.39 is 0 Å². The maximum absolute atomic E-state index is 4.69. The van der Waals surface area contributed by atoms with E-state index in [2.05, 4.69) is 51.3 Å². The predicted octanol–water partition coefficient (Wildman–Crippen LogP) is 4.17. The second-order valence-electron chi connectivity index (χ2n) is 7.46. The van der Waals surface area contributed by atoms with Gasteiger partial charge >= 0.3 is 0 Å². The van der Waals surface area contributed by atoms with Gasteiger partial charge in [-0.3, -0.25) is 9.88 Å². The third-order valence-electron chi connectivity index (χ3n) is 5.59. The molecule has 5 nitrogen and oxygen atoms in total. The molecule has 140 valence electrons. The summed E-state index contributed by atoms with van der Waals surface area (Å²) in [6.45, 7) is 3.21. The monoisotopic (exact) mass is 369 g/mol. The summed E-state index contributed by atoms with van der Waals surface area (Å²) in [6, 6.07) is 16.9. The molecule has 3 aromatic heterocycles. The van der Waals surface area contributed by atoms with Crippen LogP contribution in [0, 0.1) is 0 Å². The molecule has 1 aliphatic heterocycles. The summed E-state index contributed by atoms with van der Waals surface area (Å²) >= 11 is 0. The first-order valence-electron chi connectivity index (χ1n) is 9.88. The van der Waals surface area contributed by atoms with Crippen molar-refractivity contribution in [2.24, 2.45) is 0 Å². The number of pyridine rings is 1. The highest BCUT2D eigenvalue weighted by atomic mass is 15.3. The summed E-state index contributed by atoms with van der Waals surface area (Å²) in [5, 5.41) is 4.69. The fourth-order valence-electron chi connectivity index (χ4n) is 4.24. The largest absolute Gasteiger partial charge is 0.298 e. The first kappa shape index (κ1) is 17.1. The molecule has 4 aromatic rings. The third-order valence-corrected chi connectivity index (χ3v) is 5.59. The molecule has 5 heteroatoms. The Kier molecular flexibility index (Phi) is 4.59. The lowest BCUT2D eigenvalue weighted by atomic mass is 9.94. The molecule has 1 aliphatic rings. The zero-order valence-corrected chi connectivity index (χ0v) is 15.8. The topological polar surface area (TPSA) is 46.3 Å². The lowest BCUT2D eigenvalue weighted by molar-refractivity contribution is 0.197. The van der Waals surface area contributed by atoms with Gasteiger partial charge in [-0.2, -0.15) is 5.10 Å². The summed E-state index contributed by atoms with van der Waals surface area (Å²) in [6.07, 6.45) is 9.87. The van der Waals surface area contributed by atoms with Crippen LogP contribution in [0.3, 0.4) is 0 Å². The van der Waals surface area contributed by atoms with E-state index in [1.807, 2.05) is 41.4 Å². The van der Waals surface area contributed by atoms with E-state index in [1.165, 1.54) is 24.1 Å². The normalized spacial score (nSPS) is 17.8. The minimum Gasteiger partial charge on any atom is -0.298 e. The highest BCUT2D eigenvalue weighted by molar-refractivity contribution is 5.76. The minimum absolute atomic E-state index is 0.466. The molecule has 0 saturated carbocycles. The second kappa shape index (κ2) is 7.52. The molecule has 0 N–H and O–H groups in total. The Labute approximate surface area is 164 Å². The maximum Gasteiger partial charge on any atom is 0.163 e. The molecule has 1 saturated heterocycles. The number of hydrogen-bond acceptors (Lipinski definition) is 4. The predicted molar refractivity (Wildman–Crippen MR) is 110 cm³/mol. The first-order chi connectivity index (χ1) is 13.9. The average molecular weight is 369 g/mol. The molecule has 1 atom stereocenters. The molecule has 1 aromatic carbocycles. The summed E-state index contributed by atoms with van der Waals surface area (Å²) in [5.74, 6) is 0.466. The molecule has 28 heavy (non-hydrogen) atoms. The third kappa shape index (κ3) is 3.29. The van der Waals surface area contributed by atoms with Gasteiger partial charge in [0.2, 0.25) is 0 Å². The number of benzene rings is 1. The van der Waals surface area contributed by atoms with Crippen molar-refractivity contribution < 1.29 is 0 Å². The van der Waals surface area contributed by atoms with Crippen LogP contribution in [0.25, 0.3) is 16.8 Å². The van der Waals surface area contributed by atoms with Crippen molar-refractivity contribution in [1.82, 2.24) is 24.5 Å². The van der Waals surface area contributed by atoms with Gasteiger partial charge in [0.15, 0.2) is 5.65 Å². The standard InChI is InChI=1S/C23H23N5/c1-2-5-18(6-3-1)16-27-14-4-7-20(17-27)22-10-13-25-23-21(15-26-28(22)23)19-8-11-24-12-9-19/h1-3,5-6,8-13,15,20H,4,7,14,16-17H2. The molecule has 1 unspecified atom stereocenters. The van der Waals surface area contributed by atoms with Crippen LogP contribution in [0.15, 0.2) is 73.3 Å². The zero-order chi connectivity index (χ0) is 18.8. The van der Waals surface area contributed by atoms with Gasteiger partial charge in [0.05, 0.1) is 11.9 Å². The van der Waals surface area contributed by atoms with Crippen LogP contribution in [0.2, 0.25) is 0 Å². The molecule has 4 heterocycles. The van der Waals surface area contributed by atoms with Gasteiger partial charge < -0.3 is 0 Å². The average Bonchev–Trinajstić information content (AvgIpc) is 3.20. The van der Waals surface area contributed by atoms with E-state index in [9.17, 15) is 0 Å². The highest BCUT2D eigenvalue weighted by Crippen LogP contribution is 2.30. The van der Waals surface area contributed by atoms with E-state index in [-0.39, 0.29) is 0 Å². The number of nitrogens with zero attached hydrogens (tertiary/aromatic N) is 5. The smallest absolute Gasteiger partial charge is 0.163 e. The lowest BCUT2D eigenvalue weighted by Gasteiger charge is -2.33. The molecule has 0 aliphatic carbocycles. The van der Waals surface area contributed by atoms with Crippen LogP contribution in [-0.2, 0) is 6.54 Å². The Hall–Kier alpha value is -3.05. The van der Waals surface area contributed by atoms with Crippen molar-refractivity contribution in [3.63, 3.8) is 0 Å². The molecule has 0 radical (unpaired) electrons. The number of rotatable bonds is 4. The van der Waals surface area contributed by atoms with Gasteiger partial charge in [-0.25, -0.2) is 9.50 Å². The Morgan fingerprint density at radius 3 is 2.68 bits per heavy atom. The van der Waals surface area contributed by atoms with Crippen LogP contribution in [0.1, 0.15) is 30.0 Å². The van der Waals surface area contributed by atoms with Crippen molar-refractivity contribution in [3.8, 4) is 11.1 Å². The second-order valence-corrected chi connectivity index (χ2v) is 7.46. The van der Waals surface area contributed by atoms with Crippen molar-refractivity contribution >= 4 is 5.65 Å². The molecular formula is C23H23N5. The van der Waals surface area contributed by atoms with E-state index in [4.69, 9.17) is 5.10 Å². The zero-order valence-electron chi connectivity index (χ0n) is 15.8. The fourth-order valence-corrected chi connectivity index (χ4v) is 4.24. The van der Waals surface area contributed by atoms with Gasteiger partial charge in [-0.15, -0.1) is 0 Å². The van der Waals surface area contributed by atoms with Gasteiger partial charge in [-0.05, 0) is 48.7 Å².